The summed E-state index contributed by atoms with van der Waals surface area (Å²) >= 11 is 0. The zero-order valence-corrected chi connectivity index (χ0v) is 11.1. The number of piperidine rings is 1. The van der Waals surface area contributed by atoms with E-state index in [0.717, 1.165) is 6.42 Å². The Balaban J connectivity index is 2.14. The van der Waals surface area contributed by atoms with Crippen LogP contribution in [-0.4, -0.2) is 49.2 Å². The maximum absolute atomic E-state index is 12.4. The van der Waals surface area contributed by atoms with E-state index < -0.39 is 18.1 Å². The van der Waals surface area contributed by atoms with Crippen molar-refractivity contribution < 1.29 is 14.7 Å². The molecule has 0 radical (unpaired) electrons. The standard InChI is InChI=1S/C12H18N4O3/c1-8-3-4-15(10(5-8)12(18)19)11(17)9(2)16-7-13-6-14-16/h6-10H,3-5H2,1-2H3,(H,18,19). The van der Waals surface area contributed by atoms with E-state index in [2.05, 4.69) is 10.1 Å². The molecule has 1 aliphatic rings. The largest absolute Gasteiger partial charge is 0.480 e. The van der Waals surface area contributed by atoms with Crippen molar-refractivity contribution >= 4 is 11.9 Å². The van der Waals surface area contributed by atoms with Crippen molar-refractivity contribution in [3.8, 4) is 0 Å². The molecule has 1 saturated heterocycles. The van der Waals surface area contributed by atoms with Crippen molar-refractivity contribution in [1.82, 2.24) is 19.7 Å². The number of rotatable bonds is 3. The lowest BCUT2D eigenvalue weighted by Crippen LogP contribution is -2.51. The Morgan fingerprint density at radius 2 is 2.21 bits per heavy atom. The molecule has 19 heavy (non-hydrogen) atoms. The number of hydrogen-bond acceptors (Lipinski definition) is 4. The van der Waals surface area contributed by atoms with E-state index in [0.29, 0.717) is 18.9 Å². The molecule has 0 aromatic carbocycles. The Kier molecular flexibility index (Phi) is 3.82. The molecule has 3 unspecified atom stereocenters. The van der Waals surface area contributed by atoms with E-state index in [1.165, 1.54) is 22.2 Å². The maximum atomic E-state index is 12.4. The molecule has 1 N–H and O–H groups in total. The number of carboxylic acids is 1. The predicted octanol–water partition coefficient (Wildman–Crippen LogP) is 0.551. The summed E-state index contributed by atoms with van der Waals surface area (Å²) in [6.45, 7) is 4.20. The Hall–Kier alpha value is -1.92. The number of aromatic nitrogens is 3. The molecule has 7 nitrogen and oxygen atoms in total. The summed E-state index contributed by atoms with van der Waals surface area (Å²) in [6.07, 6.45) is 4.16. The number of likely N-dealkylation sites (tertiary alicyclic amines) is 1. The first-order valence-corrected chi connectivity index (χ1v) is 6.38. The molecule has 0 spiro atoms. The third kappa shape index (κ3) is 2.74. The van der Waals surface area contributed by atoms with Gasteiger partial charge in [-0.1, -0.05) is 6.92 Å². The molecule has 7 heteroatoms. The molecule has 2 heterocycles. The summed E-state index contributed by atoms with van der Waals surface area (Å²) in [7, 11) is 0. The van der Waals surface area contributed by atoms with Gasteiger partial charge in [0.15, 0.2) is 0 Å². The van der Waals surface area contributed by atoms with Crippen LogP contribution in [0.2, 0.25) is 0 Å². The van der Waals surface area contributed by atoms with Crippen molar-refractivity contribution in [3.63, 3.8) is 0 Å². The minimum atomic E-state index is -0.939. The van der Waals surface area contributed by atoms with Crippen LogP contribution >= 0.6 is 0 Å². The number of carbonyl (C=O) groups is 2. The zero-order chi connectivity index (χ0) is 14.0. The molecule has 0 bridgehead atoms. The van der Waals surface area contributed by atoms with Crippen molar-refractivity contribution in [2.45, 2.75) is 38.8 Å². The first kappa shape index (κ1) is 13.5. The topological polar surface area (TPSA) is 88.3 Å². The fourth-order valence-corrected chi connectivity index (χ4v) is 2.41. The van der Waals surface area contributed by atoms with Crippen LogP contribution in [0.15, 0.2) is 12.7 Å². The molecule has 0 saturated carbocycles. The Labute approximate surface area is 111 Å². The summed E-state index contributed by atoms with van der Waals surface area (Å²) in [6, 6.07) is -1.26. The van der Waals surface area contributed by atoms with Crippen LogP contribution in [-0.2, 0) is 9.59 Å². The predicted molar refractivity (Wildman–Crippen MR) is 66.3 cm³/mol. The molecule has 1 fully saturated rings. The molecule has 1 amide bonds. The second-order valence-electron chi connectivity index (χ2n) is 5.07. The molecule has 2 rings (SSSR count). The number of carbonyl (C=O) groups excluding carboxylic acids is 1. The number of nitrogens with zero attached hydrogens (tertiary/aromatic N) is 4. The van der Waals surface area contributed by atoms with Crippen LogP contribution in [0, 0.1) is 5.92 Å². The minimum absolute atomic E-state index is 0.218. The quantitative estimate of drug-likeness (QED) is 0.863. The maximum Gasteiger partial charge on any atom is 0.326 e. The van der Waals surface area contributed by atoms with Gasteiger partial charge in [-0.25, -0.2) is 14.5 Å². The van der Waals surface area contributed by atoms with Crippen LogP contribution in [0.25, 0.3) is 0 Å². The van der Waals surface area contributed by atoms with Gasteiger partial charge in [0.05, 0.1) is 0 Å². The molecule has 1 aromatic rings. The van der Waals surface area contributed by atoms with Crippen molar-refractivity contribution in [2.75, 3.05) is 6.54 Å². The average Bonchev–Trinajstić information content (AvgIpc) is 2.90. The van der Waals surface area contributed by atoms with Crippen molar-refractivity contribution in [3.05, 3.63) is 12.7 Å². The fraction of sp³-hybridized carbons (Fsp3) is 0.667. The van der Waals surface area contributed by atoms with E-state index in [4.69, 9.17) is 0 Å². The summed E-state index contributed by atoms with van der Waals surface area (Å²) in [5.41, 5.74) is 0. The summed E-state index contributed by atoms with van der Waals surface area (Å²) in [5.74, 6) is -0.831. The minimum Gasteiger partial charge on any atom is -0.480 e. The van der Waals surface area contributed by atoms with E-state index in [9.17, 15) is 14.7 Å². The molecular weight excluding hydrogens is 248 g/mol. The zero-order valence-electron chi connectivity index (χ0n) is 11.1. The summed E-state index contributed by atoms with van der Waals surface area (Å²) in [5, 5.41) is 13.2. The van der Waals surface area contributed by atoms with Crippen molar-refractivity contribution in [2.24, 2.45) is 5.92 Å². The van der Waals surface area contributed by atoms with Crippen LogP contribution < -0.4 is 0 Å². The summed E-state index contributed by atoms with van der Waals surface area (Å²) in [4.78, 5) is 28.9. The molecule has 1 aliphatic heterocycles. The van der Waals surface area contributed by atoms with Gasteiger partial charge in [-0.15, -0.1) is 0 Å². The Morgan fingerprint density at radius 3 is 2.79 bits per heavy atom. The van der Waals surface area contributed by atoms with Gasteiger partial charge >= 0.3 is 5.97 Å². The van der Waals surface area contributed by atoms with Crippen LogP contribution in [0.3, 0.4) is 0 Å². The first-order valence-electron chi connectivity index (χ1n) is 6.38. The monoisotopic (exact) mass is 266 g/mol. The highest BCUT2D eigenvalue weighted by Crippen LogP contribution is 2.25. The van der Waals surface area contributed by atoms with Gasteiger partial charge in [0.1, 0.15) is 24.7 Å². The lowest BCUT2D eigenvalue weighted by molar-refractivity contribution is -0.154. The fourth-order valence-electron chi connectivity index (χ4n) is 2.41. The van der Waals surface area contributed by atoms with Gasteiger partial charge in [0.25, 0.3) is 0 Å². The van der Waals surface area contributed by atoms with E-state index in [1.807, 2.05) is 6.92 Å². The average molecular weight is 266 g/mol. The lowest BCUT2D eigenvalue weighted by atomic mass is 9.92. The number of aliphatic carboxylic acids is 1. The van der Waals surface area contributed by atoms with Crippen LogP contribution in [0.4, 0.5) is 0 Å². The van der Waals surface area contributed by atoms with Gasteiger partial charge in [0.2, 0.25) is 5.91 Å². The molecular formula is C12H18N4O3. The normalized spacial score (nSPS) is 25.1. The highest BCUT2D eigenvalue weighted by molar-refractivity contribution is 5.86. The molecule has 1 aromatic heterocycles. The van der Waals surface area contributed by atoms with Crippen LogP contribution in [0.1, 0.15) is 32.7 Å². The van der Waals surface area contributed by atoms with Gasteiger partial charge in [0, 0.05) is 6.54 Å². The van der Waals surface area contributed by atoms with E-state index in [1.54, 1.807) is 6.92 Å². The van der Waals surface area contributed by atoms with E-state index >= 15 is 0 Å². The van der Waals surface area contributed by atoms with Gasteiger partial charge in [-0.05, 0) is 25.7 Å². The SMILES string of the molecule is CC1CCN(C(=O)C(C)n2cncn2)C(C(=O)O)C1. The van der Waals surface area contributed by atoms with Gasteiger partial charge in [-0.3, -0.25) is 4.79 Å². The smallest absolute Gasteiger partial charge is 0.326 e. The van der Waals surface area contributed by atoms with E-state index in [-0.39, 0.29) is 5.91 Å². The number of amides is 1. The summed E-state index contributed by atoms with van der Waals surface area (Å²) < 4.78 is 1.44. The van der Waals surface area contributed by atoms with Crippen LogP contribution in [0.5, 0.6) is 0 Å². The van der Waals surface area contributed by atoms with Crippen molar-refractivity contribution in [1.29, 1.82) is 0 Å². The highest BCUT2D eigenvalue weighted by atomic mass is 16.4. The third-order valence-electron chi connectivity index (χ3n) is 3.62. The lowest BCUT2D eigenvalue weighted by Gasteiger charge is -2.37. The number of hydrogen-bond donors (Lipinski definition) is 1. The Bertz CT molecular complexity index is 460. The molecule has 0 aliphatic carbocycles. The molecule has 3 atom stereocenters. The van der Waals surface area contributed by atoms with Gasteiger partial charge in [-0.2, -0.15) is 5.10 Å². The first-order chi connectivity index (χ1) is 9.00. The number of carboxylic acid groups (broad SMARTS) is 1. The third-order valence-corrected chi connectivity index (χ3v) is 3.62. The molecule has 104 valence electrons. The highest BCUT2D eigenvalue weighted by Gasteiger charge is 2.36. The Morgan fingerprint density at radius 1 is 1.47 bits per heavy atom. The second-order valence-corrected chi connectivity index (χ2v) is 5.07. The second kappa shape index (κ2) is 5.38. The van der Waals surface area contributed by atoms with Gasteiger partial charge < -0.3 is 10.0 Å².